The average molecular weight is 834 g/mol. The van der Waals surface area contributed by atoms with E-state index in [0.29, 0.717) is 78.8 Å². The topological polar surface area (TPSA) is 118 Å². The van der Waals surface area contributed by atoms with Crippen molar-refractivity contribution in [3.8, 4) is 0 Å². The van der Waals surface area contributed by atoms with Crippen LogP contribution in [0.3, 0.4) is 0 Å². The van der Waals surface area contributed by atoms with Crippen LogP contribution in [0.15, 0.2) is 54.6 Å². The Balaban J connectivity index is 0.745. The van der Waals surface area contributed by atoms with Gasteiger partial charge in [-0.15, -0.1) is 0 Å². The number of halogens is 2. The summed E-state index contributed by atoms with van der Waals surface area (Å²) in [5.74, 6) is -2.07. The van der Waals surface area contributed by atoms with Gasteiger partial charge in [-0.25, -0.2) is 9.24 Å². The van der Waals surface area contributed by atoms with E-state index in [1.807, 2.05) is 34.1 Å². The van der Waals surface area contributed by atoms with Crippen LogP contribution < -0.4 is 15.1 Å². The molecule has 1 N–H and O–H groups in total. The summed E-state index contributed by atoms with van der Waals surface area (Å²) in [5, 5.41) is 2.73. The first-order chi connectivity index (χ1) is 28.9. The maximum Gasteiger partial charge on any atom is 0.262 e. The minimum absolute atomic E-state index is 0.0141. The first-order valence-electron chi connectivity index (χ1n) is 21.3. The first-order valence-corrected chi connectivity index (χ1v) is 21.6. The molecule has 12 nitrogen and oxygen atoms in total. The quantitative estimate of drug-likeness (QED) is 0.217. The molecule has 3 atom stereocenters. The summed E-state index contributed by atoms with van der Waals surface area (Å²) in [5.41, 5.74) is 4.17. The molecular formula is C46H49ClFN7O5. The predicted molar refractivity (Wildman–Crippen MR) is 225 cm³/mol. The van der Waals surface area contributed by atoms with Crippen molar-refractivity contribution in [3.05, 3.63) is 99.1 Å². The van der Waals surface area contributed by atoms with E-state index in [-0.39, 0.29) is 35.6 Å². The highest BCUT2D eigenvalue weighted by Gasteiger charge is 2.47. The summed E-state index contributed by atoms with van der Waals surface area (Å²) in [6, 6.07) is 15.8. The van der Waals surface area contributed by atoms with Crippen molar-refractivity contribution < 1.29 is 28.4 Å². The Morgan fingerprint density at radius 3 is 2.17 bits per heavy atom. The van der Waals surface area contributed by atoms with Crippen LogP contribution in [0.2, 0.25) is 5.02 Å². The van der Waals surface area contributed by atoms with Crippen molar-refractivity contribution in [1.29, 1.82) is 0 Å². The number of fused-ring (bicyclic) bond motifs is 1. The largest absolute Gasteiger partial charge is 0.371 e. The molecule has 14 heteroatoms. The number of imide groups is 2. The number of piperidine rings is 3. The minimum Gasteiger partial charge on any atom is -0.371 e. The number of anilines is 2. The zero-order valence-corrected chi connectivity index (χ0v) is 34.6. The third kappa shape index (κ3) is 7.32. The Kier molecular flexibility index (Phi) is 10.7. The van der Waals surface area contributed by atoms with Crippen molar-refractivity contribution in [1.82, 2.24) is 20.0 Å². The molecular weight excluding hydrogens is 785 g/mol. The van der Waals surface area contributed by atoms with Gasteiger partial charge in [-0.3, -0.25) is 39.1 Å². The molecule has 60 heavy (non-hydrogen) atoms. The van der Waals surface area contributed by atoms with Gasteiger partial charge in [0.15, 0.2) is 0 Å². The maximum absolute atomic E-state index is 15.5. The highest BCUT2D eigenvalue weighted by atomic mass is 35.5. The van der Waals surface area contributed by atoms with Gasteiger partial charge in [0.2, 0.25) is 17.5 Å². The Labute approximate surface area is 354 Å². The molecule has 5 fully saturated rings. The smallest absolute Gasteiger partial charge is 0.262 e. The number of hydrogen-bond donors (Lipinski definition) is 1. The van der Waals surface area contributed by atoms with Gasteiger partial charge in [0.25, 0.3) is 17.7 Å². The van der Waals surface area contributed by atoms with Crippen LogP contribution in [0.1, 0.15) is 101 Å². The van der Waals surface area contributed by atoms with Crippen LogP contribution in [0, 0.1) is 23.7 Å². The number of rotatable bonds is 6. The molecule has 0 aromatic heterocycles. The number of benzene rings is 3. The summed E-state index contributed by atoms with van der Waals surface area (Å²) in [7, 11) is 0. The normalized spacial score (nSPS) is 24.9. The number of nitrogens with one attached hydrogen (secondary N) is 1. The SMILES string of the molecule is [C-]#[N+]c1ccc(C2CC3(CCN(c4ccc(C(=O)N5CCC(N6CCN(c7cc8c(cc7F)C(=O)N(C7CCC(=O)NC7=O)C8=O)CC6)CC5)cc4)CC3)C[C@@H]2C)cc1Cl. The van der Waals surface area contributed by atoms with Crippen LogP contribution in [-0.2, 0) is 9.59 Å². The molecule has 4 saturated heterocycles. The van der Waals surface area contributed by atoms with Gasteiger partial charge < -0.3 is 14.7 Å². The molecule has 312 valence electrons. The van der Waals surface area contributed by atoms with Gasteiger partial charge in [-0.05, 0) is 104 Å². The van der Waals surface area contributed by atoms with E-state index < -0.39 is 35.5 Å². The molecule has 1 spiro atoms. The van der Waals surface area contributed by atoms with Crippen LogP contribution in [0.25, 0.3) is 4.85 Å². The summed E-state index contributed by atoms with van der Waals surface area (Å²) < 4.78 is 15.5. The van der Waals surface area contributed by atoms with Gasteiger partial charge in [-0.2, -0.15) is 0 Å². The number of carbonyl (C=O) groups excluding carboxylic acids is 5. The van der Waals surface area contributed by atoms with Crippen molar-refractivity contribution in [3.63, 3.8) is 0 Å². The number of likely N-dealkylation sites (tertiary alicyclic amines) is 1. The van der Waals surface area contributed by atoms with E-state index in [0.717, 1.165) is 61.8 Å². The zero-order chi connectivity index (χ0) is 41.9. The van der Waals surface area contributed by atoms with Gasteiger partial charge in [0.05, 0.1) is 23.4 Å². The number of hydrogen-bond acceptors (Lipinski definition) is 8. The van der Waals surface area contributed by atoms with Gasteiger partial charge in [-0.1, -0.05) is 36.7 Å². The molecule has 5 amide bonds. The van der Waals surface area contributed by atoms with Crippen molar-refractivity contribution in [2.75, 3.05) is 62.2 Å². The fraction of sp³-hybridized carbons (Fsp3) is 0.478. The van der Waals surface area contributed by atoms with Crippen LogP contribution in [0.4, 0.5) is 21.5 Å². The Morgan fingerprint density at radius 1 is 0.833 bits per heavy atom. The summed E-state index contributed by atoms with van der Waals surface area (Å²) in [6.07, 6.45) is 6.36. The van der Waals surface area contributed by atoms with E-state index >= 15 is 4.39 Å². The molecule has 1 saturated carbocycles. The maximum atomic E-state index is 15.5. The van der Waals surface area contributed by atoms with Crippen molar-refractivity contribution in [2.24, 2.45) is 11.3 Å². The molecule has 1 aliphatic carbocycles. The zero-order valence-electron chi connectivity index (χ0n) is 33.8. The van der Waals surface area contributed by atoms with E-state index in [9.17, 15) is 24.0 Å². The average Bonchev–Trinajstić information content (AvgIpc) is 3.70. The Bertz CT molecular complexity index is 2290. The van der Waals surface area contributed by atoms with E-state index in [1.165, 1.54) is 18.1 Å². The molecule has 6 aliphatic rings. The molecule has 5 heterocycles. The van der Waals surface area contributed by atoms with Crippen LogP contribution in [-0.4, -0.2) is 109 Å². The number of nitrogens with zero attached hydrogens (tertiary/aromatic N) is 6. The van der Waals surface area contributed by atoms with Gasteiger partial charge in [0, 0.05) is 81.1 Å². The second kappa shape index (κ2) is 15.9. The van der Waals surface area contributed by atoms with Crippen LogP contribution in [0.5, 0.6) is 0 Å². The highest BCUT2D eigenvalue weighted by molar-refractivity contribution is 6.33. The van der Waals surface area contributed by atoms with E-state index in [2.05, 4.69) is 45.1 Å². The third-order valence-corrected chi connectivity index (χ3v) is 14.7. The highest BCUT2D eigenvalue weighted by Crippen LogP contribution is 2.56. The standard InChI is InChI=1S/C46H49ClFN7O5/c1-28-26-46(27-35(28)30-5-8-38(49-2)36(47)23-30)13-17-51(18-14-46)31-6-3-29(4-7-31)43(58)54-15-11-32(12-16-54)52-19-21-53(22-20-52)40-25-34-33(24-37(40)48)44(59)55(45(34)60)39-9-10-41(56)50-42(39)57/h3-8,23-25,28,32,35,39H,9-22,26-27H2,1H3,(H,50,56,57)/t28-,35?,39?/m0/s1. The number of amides is 5. The lowest BCUT2D eigenvalue weighted by Crippen LogP contribution is -2.54. The summed E-state index contributed by atoms with van der Waals surface area (Å²) in [6.45, 7) is 15.4. The van der Waals surface area contributed by atoms with E-state index in [1.54, 1.807) is 0 Å². The monoisotopic (exact) mass is 833 g/mol. The first kappa shape index (κ1) is 40.1. The molecule has 3 aromatic rings. The minimum atomic E-state index is -1.10. The molecule has 3 aromatic carbocycles. The number of piperazine rings is 1. The van der Waals surface area contributed by atoms with Gasteiger partial charge >= 0.3 is 0 Å². The van der Waals surface area contributed by atoms with Gasteiger partial charge in [0.1, 0.15) is 11.9 Å². The van der Waals surface area contributed by atoms with Crippen molar-refractivity contribution >= 4 is 58.2 Å². The Hall–Kier alpha value is -5.32. The molecule has 0 radical (unpaired) electrons. The fourth-order valence-corrected chi connectivity index (χ4v) is 11.2. The predicted octanol–water partition coefficient (Wildman–Crippen LogP) is 6.66. The second-order valence-electron chi connectivity index (χ2n) is 17.7. The summed E-state index contributed by atoms with van der Waals surface area (Å²) >= 11 is 6.41. The summed E-state index contributed by atoms with van der Waals surface area (Å²) in [4.78, 5) is 77.2. The fourth-order valence-electron chi connectivity index (χ4n) is 11.0. The third-order valence-electron chi connectivity index (χ3n) is 14.3. The molecule has 9 rings (SSSR count). The number of carbonyl (C=O) groups is 5. The lowest BCUT2D eigenvalue weighted by Gasteiger charge is -2.43. The van der Waals surface area contributed by atoms with E-state index in [4.69, 9.17) is 18.2 Å². The Morgan fingerprint density at radius 2 is 1.52 bits per heavy atom. The van der Waals surface area contributed by atoms with Crippen molar-refractivity contribution in [2.45, 2.75) is 76.3 Å². The van der Waals surface area contributed by atoms with Crippen LogP contribution >= 0.6 is 11.6 Å². The molecule has 5 aliphatic heterocycles. The molecule has 2 unspecified atom stereocenters. The molecule has 0 bridgehead atoms. The lowest BCUT2D eigenvalue weighted by atomic mass is 9.75. The second-order valence-corrected chi connectivity index (χ2v) is 18.1. The lowest BCUT2D eigenvalue weighted by molar-refractivity contribution is -0.136.